The molecule has 0 aliphatic rings. The third-order valence-corrected chi connectivity index (χ3v) is 2.29. The van der Waals surface area contributed by atoms with E-state index in [2.05, 4.69) is 31.1 Å². The van der Waals surface area contributed by atoms with Gasteiger partial charge < -0.3 is 10.1 Å². The molecule has 0 spiro atoms. The van der Waals surface area contributed by atoms with Crippen molar-refractivity contribution in [3.8, 4) is 0 Å². The lowest BCUT2D eigenvalue weighted by Gasteiger charge is -2.07. The SMILES string of the molecule is CCNc1ccnc(COCCC(C)C)c1. The van der Waals surface area contributed by atoms with Crippen molar-refractivity contribution in [2.24, 2.45) is 5.92 Å². The maximum absolute atomic E-state index is 5.57. The lowest BCUT2D eigenvalue weighted by molar-refractivity contribution is 0.108. The summed E-state index contributed by atoms with van der Waals surface area (Å²) in [6.45, 7) is 8.83. The summed E-state index contributed by atoms with van der Waals surface area (Å²) in [6, 6.07) is 4.01. The standard InChI is InChI=1S/C13H22N2O/c1-4-14-12-5-7-15-13(9-12)10-16-8-6-11(2)3/h5,7,9,11H,4,6,8,10H2,1-3H3,(H,14,15). The third kappa shape index (κ3) is 5.12. The van der Waals surface area contributed by atoms with Crippen LogP contribution in [0.5, 0.6) is 0 Å². The highest BCUT2D eigenvalue weighted by molar-refractivity contribution is 5.42. The molecule has 0 radical (unpaired) electrons. The molecule has 0 aliphatic carbocycles. The first-order valence-corrected chi connectivity index (χ1v) is 5.99. The average molecular weight is 222 g/mol. The Balaban J connectivity index is 2.33. The highest BCUT2D eigenvalue weighted by atomic mass is 16.5. The summed E-state index contributed by atoms with van der Waals surface area (Å²) in [7, 11) is 0. The van der Waals surface area contributed by atoms with Gasteiger partial charge in [0.2, 0.25) is 0 Å². The van der Waals surface area contributed by atoms with Gasteiger partial charge in [-0.15, -0.1) is 0 Å². The maximum atomic E-state index is 5.57. The molecule has 0 unspecified atom stereocenters. The topological polar surface area (TPSA) is 34.2 Å². The Morgan fingerprint density at radius 2 is 2.25 bits per heavy atom. The van der Waals surface area contributed by atoms with Crippen molar-refractivity contribution in [3.63, 3.8) is 0 Å². The summed E-state index contributed by atoms with van der Waals surface area (Å²) in [5, 5.41) is 3.26. The normalized spacial score (nSPS) is 10.8. The molecular formula is C13H22N2O. The van der Waals surface area contributed by atoms with E-state index in [1.807, 2.05) is 18.3 Å². The van der Waals surface area contributed by atoms with Crippen molar-refractivity contribution in [2.75, 3.05) is 18.5 Å². The Morgan fingerprint density at radius 3 is 2.94 bits per heavy atom. The van der Waals surface area contributed by atoms with Gasteiger partial charge in [0.15, 0.2) is 0 Å². The minimum atomic E-state index is 0.603. The van der Waals surface area contributed by atoms with E-state index in [9.17, 15) is 0 Å². The number of anilines is 1. The van der Waals surface area contributed by atoms with E-state index in [4.69, 9.17) is 4.74 Å². The summed E-state index contributed by atoms with van der Waals surface area (Å²) in [5.41, 5.74) is 2.10. The van der Waals surface area contributed by atoms with E-state index in [0.29, 0.717) is 12.5 Å². The van der Waals surface area contributed by atoms with Crippen molar-refractivity contribution in [1.29, 1.82) is 0 Å². The highest BCUT2D eigenvalue weighted by Gasteiger charge is 1.98. The van der Waals surface area contributed by atoms with Gasteiger partial charge >= 0.3 is 0 Å². The second-order valence-electron chi connectivity index (χ2n) is 4.30. The minimum absolute atomic E-state index is 0.603. The van der Waals surface area contributed by atoms with Crippen LogP contribution in [0.15, 0.2) is 18.3 Å². The number of rotatable bonds is 7. The molecule has 0 saturated carbocycles. The van der Waals surface area contributed by atoms with Crippen LogP contribution in [0.3, 0.4) is 0 Å². The molecule has 0 amide bonds. The van der Waals surface area contributed by atoms with E-state index in [0.717, 1.165) is 31.0 Å². The lowest BCUT2D eigenvalue weighted by atomic mass is 10.1. The van der Waals surface area contributed by atoms with Crippen LogP contribution in [0.1, 0.15) is 32.9 Å². The molecule has 1 heterocycles. The molecule has 0 aliphatic heterocycles. The number of nitrogens with zero attached hydrogens (tertiary/aromatic N) is 1. The number of hydrogen-bond acceptors (Lipinski definition) is 3. The van der Waals surface area contributed by atoms with Crippen LogP contribution in [0, 0.1) is 5.92 Å². The van der Waals surface area contributed by atoms with Gasteiger partial charge in [0.1, 0.15) is 0 Å². The summed E-state index contributed by atoms with van der Waals surface area (Å²) in [4.78, 5) is 4.27. The molecule has 0 aromatic carbocycles. The molecule has 1 rings (SSSR count). The zero-order valence-electron chi connectivity index (χ0n) is 10.5. The second-order valence-corrected chi connectivity index (χ2v) is 4.30. The van der Waals surface area contributed by atoms with E-state index >= 15 is 0 Å². The van der Waals surface area contributed by atoms with E-state index in [1.54, 1.807) is 0 Å². The molecule has 1 aromatic rings. The fraction of sp³-hybridized carbons (Fsp3) is 0.615. The smallest absolute Gasteiger partial charge is 0.0888 e. The van der Waals surface area contributed by atoms with Gasteiger partial charge in [-0.1, -0.05) is 13.8 Å². The zero-order valence-corrected chi connectivity index (χ0v) is 10.5. The van der Waals surface area contributed by atoms with Crippen LogP contribution < -0.4 is 5.32 Å². The van der Waals surface area contributed by atoms with Gasteiger partial charge in [-0.25, -0.2) is 0 Å². The van der Waals surface area contributed by atoms with Crippen LogP contribution in [0.2, 0.25) is 0 Å². The van der Waals surface area contributed by atoms with Crippen molar-refractivity contribution in [1.82, 2.24) is 4.98 Å². The average Bonchev–Trinajstić information content (AvgIpc) is 2.25. The van der Waals surface area contributed by atoms with Crippen LogP contribution in [-0.4, -0.2) is 18.1 Å². The monoisotopic (exact) mass is 222 g/mol. The van der Waals surface area contributed by atoms with E-state index < -0.39 is 0 Å². The molecule has 3 heteroatoms. The molecule has 90 valence electrons. The van der Waals surface area contributed by atoms with Crippen LogP contribution in [0.25, 0.3) is 0 Å². The predicted molar refractivity (Wildman–Crippen MR) is 67.5 cm³/mol. The van der Waals surface area contributed by atoms with Crippen molar-refractivity contribution in [3.05, 3.63) is 24.0 Å². The van der Waals surface area contributed by atoms with Crippen molar-refractivity contribution >= 4 is 5.69 Å². The maximum Gasteiger partial charge on any atom is 0.0888 e. The number of pyridine rings is 1. The molecule has 0 bridgehead atoms. The lowest BCUT2D eigenvalue weighted by Crippen LogP contribution is -2.02. The van der Waals surface area contributed by atoms with E-state index in [1.165, 1.54) is 0 Å². The first-order valence-electron chi connectivity index (χ1n) is 5.99. The number of aromatic nitrogens is 1. The van der Waals surface area contributed by atoms with Gasteiger partial charge in [0.25, 0.3) is 0 Å². The Labute approximate surface area is 98.2 Å². The number of nitrogens with one attached hydrogen (secondary N) is 1. The first-order chi connectivity index (χ1) is 7.72. The minimum Gasteiger partial charge on any atom is -0.385 e. The third-order valence-electron chi connectivity index (χ3n) is 2.29. The second kappa shape index (κ2) is 7.23. The molecule has 3 nitrogen and oxygen atoms in total. The molecule has 0 saturated heterocycles. The van der Waals surface area contributed by atoms with Gasteiger partial charge in [-0.3, -0.25) is 4.98 Å². The van der Waals surface area contributed by atoms with Gasteiger partial charge in [-0.05, 0) is 31.4 Å². The predicted octanol–water partition coefficient (Wildman–Crippen LogP) is 3.08. The molecule has 16 heavy (non-hydrogen) atoms. The molecular weight excluding hydrogens is 200 g/mol. The summed E-state index contributed by atoms with van der Waals surface area (Å²) >= 11 is 0. The van der Waals surface area contributed by atoms with Crippen molar-refractivity contribution in [2.45, 2.75) is 33.8 Å². The Kier molecular flexibility index (Phi) is 5.86. The van der Waals surface area contributed by atoms with Crippen molar-refractivity contribution < 1.29 is 4.74 Å². The molecule has 1 aromatic heterocycles. The zero-order chi connectivity index (χ0) is 11.8. The highest BCUT2D eigenvalue weighted by Crippen LogP contribution is 2.09. The van der Waals surface area contributed by atoms with Crippen LogP contribution in [0.4, 0.5) is 5.69 Å². The quantitative estimate of drug-likeness (QED) is 0.720. The summed E-state index contributed by atoms with van der Waals surface area (Å²) < 4.78 is 5.57. The van der Waals surface area contributed by atoms with Gasteiger partial charge in [0, 0.05) is 25.0 Å². The fourth-order valence-electron chi connectivity index (χ4n) is 1.37. The van der Waals surface area contributed by atoms with Crippen LogP contribution >= 0.6 is 0 Å². The number of ether oxygens (including phenoxy) is 1. The molecule has 0 fully saturated rings. The largest absolute Gasteiger partial charge is 0.385 e. The Hall–Kier alpha value is -1.09. The Bertz CT molecular complexity index is 300. The molecule has 0 atom stereocenters. The first kappa shape index (κ1) is 13.0. The Morgan fingerprint density at radius 1 is 1.44 bits per heavy atom. The van der Waals surface area contributed by atoms with E-state index in [-0.39, 0.29) is 0 Å². The summed E-state index contributed by atoms with van der Waals surface area (Å²) in [5.74, 6) is 0.695. The fourth-order valence-corrected chi connectivity index (χ4v) is 1.37. The van der Waals surface area contributed by atoms with Gasteiger partial charge in [0.05, 0.1) is 12.3 Å². The number of hydrogen-bond donors (Lipinski definition) is 1. The van der Waals surface area contributed by atoms with Gasteiger partial charge in [-0.2, -0.15) is 0 Å². The van der Waals surface area contributed by atoms with Crippen LogP contribution in [-0.2, 0) is 11.3 Å². The molecule has 1 N–H and O–H groups in total. The summed E-state index contributed by atoms with van der Waals surface area (Å²) in [6.07, 6.45) is 2.92.